The molecule has 10 heavy (non-hydrogen) atoms. The molecular formula is C4H12NO4P. The number of rotatable bonds is 3. The van der Waals surface area contributed by atoms with Crippen LogP contribution in [-0.4, -0.2) is 40.7 Å². The third-order valence-corrected chi connectivity index (χ3v) is 0.945. The molecule has 0 aliphatic rings. The minimum Gasteiger partial charge on any atom is -0.394 e. The fourth-order valence-corrected chi connectivity index (χ4v) is 0.150. The molecule has 0 aromatic heterocycles. The Labute approximate surface area is 61.1 Å². The van der Waals surface area contributed by atoms with E-state index in [0.29, 0.717) is 0 Å². The molecule has 5 N–H and O–H groups in total. The summed E-state index contributed by atoms with van der Waals surface area (Å²) < 4.78 is 8.06. The van der Waals surface area contributed by atoms with Gasteiger partial charge < -0.3 is 21.1 Å². The topological polar surface area (TPSA) is 104 Å². The number of hydrogen-bond acceptors (Lipinski definition) is 5. The van der Waals surface area contributed by atoms with E-state index in [1.165, 1.54) is 0 Å². The SMILES string of the molecule is NC(CO)(CO)CO.O=P. The Hall–Kier alpha value is -0.0600. The summed E-state index contributed by atoms with van der Waals surface area (Å²) in [4.78, 5) is 0. The molecule has 0 fully saturated rings. The van der Waals surface area contributed by atoms with Crippen molar-refractivity contribution in [1.29, 1.82) is 0 Å². The predicted molar refractivity (Wildman–Crippen MR) is 37.2 cm³/mol. The molecule has 6 heteroatoms. The van der Waals surface area contributed by atoms with Crippen LogP contribution in [0.5, 0.6) is 0 Å². The normalized spacial score (nSPS) is 10.0. The van der Waals surface area contributed by atoms with Crippen molar-refractivity contribution in [3.8, 4) is 0 Å². The van der Waals surface area contributed by atoms with Crippen LogP contribution in [0.2, 0.25) is 0 Å². The average molecular weight is 169 g/mol. The summed E-state index contributed by atoms with van der Waals surface area (Å²) in [5.41, 5.74) is 3.94. The molecule has 0 atom stereocenters. The van der Waals surface area contributed by atoms with Crippen LogP contribution in [0.15, 0.2) is 0 Å². The number of aliphatic hydroxyl groups is 3. The van der Waals surface area contributed by atoms with Gasteiger partial charge in [0.2, 0.25) is 0 Å². The molecule has 5 nitrogen and oxygen atoms in total. The molecular weight excluding hydrogens is 157 g/mol. The van der Waals surface area contributed by atoms with Crippen LogP contribution in [0.3, 0.4) is 0 Å². The molecule has 0 aromatic carbocycles. The summed E-state index contributed by atoms with van der Waals surface area (Å²) in [6, 6.07) is 0. The van der Waals surface area contributed by atoms with Crippen molar-refractivity contribution in [1.82, 2.24) is 0 Å². The number of aliphatic hydroxyl groups excluding tert-OH is 3. The summed E-state index contributed by atoms with van der Waals surface area (Å²) in [7, 11) is 1.72. The maximum Gasteiger partial charge on any atom is 0.138 e. The van der Waals surface area contributed by atoms with Gasteiger partial charge in [-0.2, -0.15) is 0 Å². The van der Waals surface area contributed by atoms with Gasteiger partial charge in [0.15, 0.2) is 0 Å². The first-order valence-electron chi connectivity index (χ1n) is 2.50. The highest BCUT2D eigenvalue weighted by Crippen LogP contribution is 1.93. The van der Waals surface area contributed by atoms with E-state index >= 15 is 0 Å². The van der Waals surface area contributed by atoms with Crippen molar-refractivity contribution in [2.45, 2.75) is 5.54 Å². The Morgan fingerprint density at radius 3 is 1.30 bits per heavy atom. The average Bonchev–Trinajstić information content (AvgIpc) is 2.07. The van der Waals surface area contributed by atoms with Gasteiger partial charge >= 0.3 is 0 Å². The number of nitrogens with two attached hydrogens (primary N) is 1. The van der Waals surface area contributed by atoms with Crippen LogP contribution >= 0.6 is 9.12 Å². The molecule has 0 aromatic rings. The van der Waals surface area contributed by atoms with Gasteiger partial charge in [-0.05, 0) is 0 Å². The summed E-state index contributed by atoms with van der Waals surface area (Å²) in [5, 5.41) is 25.0. The highest BCUT2D eigenvalue weighted by atomic mass is 31.0. The molecule has 0 unspecified atom stereocenters. The lowest BCUT2D eigenvalue weighted by atomic mass is 10.1. The van der Waals surface area contributed by atoms with Crippen molar-refractivity contribution in [2.24, 2.45) is 5.73 Å². The molecule has 0 heterocycles. The van der Waals surface area contributed by atoms with Gasteiger partial charge in [-0.25, -0.2) is 0 Å². The molecule has 62 valence electrons. The van der Waals surface area contributed by atoms with E-state index < -0.39 is 25.4 Å². The van der Waals surface area contributed by atoms with E-state index in [0.717, 1.165) is 0 Å². The third-order valence-electron chi connectivity index (χ3n) is 0.945. The Morgan fingerprint density at radius 1 is 1.10 bits per heavy atom. The van der Waals surface area contributed by atoms with Gasteiger partial charge in [0.1, 0.15) is 9.12 Å². The van der Waals surface area contributed by atoms with Crippen LogP contribution in [0.4, 0.5) is 0 Å². The molecule has 0 spiro atoms. The van der Waals surface area contributed by atoms with Gasteiger partial charge in [-0.3, -0.25) is 4.57 Å². The van der Waals surface area contributed by atoms with Crippen molar-refractivity contribution in [3.05, 3.63) is 0 Å². The monoisotopic (exact) mass is 169 g/mol. The van der Waals surface area contributed by atoms with Crippen LogP contribution in [-0.2, 0) is 4.57 Å². The lowest BCUT2D eigenvalue weighted by Gasteiger charge is -2.20. The van der Waals surface area contributed by atoms with E-state index in [2.05, 4.69) is 0 Å². The van der Waals surface area contributed by atoms with Crippen LogP contribution in [0.25, 0.3) is 0 Å². The zero-order valence-electron chi connectivity index (χ0n) is 5.45. The Morgan fingerprint density at radius 2 is 1.30 bits per heavy atom. The number of hydrogen-bond donors (Lipinski definition) is 4. The van der Waals surface area contributed by atoms with Crippen molar-refractivity contribution < 1.29 is 19.9 Å². The van der Waals surface area contributed by atoms with E-state index in [9.17, 15) is 0 Å². The van der Waals surface area contributed by atoms with Gasteiger partial charge in [0.25, 0.3) is 0 Å². The van der Waals surface area contributed by atoms with Gasteiger partial charge in [0.05, 0.1) is 25.4 Å². The van der Waals surface area contributed by atoms with E-state index in [-0.39, 0.29) is 0 Å². The van der Waals surface area contributed by atoms with E-state index in [1.54, 1.807) is 9.12 Å². The highest BCUT2D eigenvalue weighted by molar-refractivity contribution is 7.00. The van der Waals surface area contributed by atoms with Crippen molar-refractivity contribution in [3.63, 3.8) is 0 Å². The Kier molecular flexibility index (Phi) is 8.89. The second-order valence-corrected chi connectivity index (χ2v) is 1.84. The van der Waals surface area contributed by atoms with Crippen LogP contribution in [0, 0.1) is 0 Å². The first-order valence-corrected chi connectivity index (χ1v) is 2.91. The van der Waals surface area contributed by atoms with Gasteiger partial charge in [0, 0.05) is 0 Å². The summed E-state index contributed by atoms with van der Waals surface area (Å²) in [5.74, 6) is 0. The quantitative estimate of drug-likeness (QED) is 0.371. The molecule has 0 amide bonds. The molecule has 0 bridgehead atoms. The maximum atomic E-state index is 8.34. The predicted octanol–water partition coefficient (Wildman–Crippen LogP) is -1.86. The largest absolute Gasteiger partial charge is 0.394 e. The first kappa shape index (κ1) is 12.6. The van der Waals surface area contributed by atoms with Crippen LogP contribution in [0.1, 0.15) is 0 Å². The summed E-state index contributed by atoms with van der Waals surface area (Å²) in [6.07, 6.45) is 0. The van der Waals surface area contributed by atoms with Crippen molar-refractivity contribution >= 4 is 9.12 Å². The minimum absolute atomic E-state index is 0.403. The summed E-state index contributed by atoms with van der Waals surface area (Å²) in [6.45, 7) is -1.21. The Balaban J connectivity index is 0. The van der Waals surface area contributed by atoms with Gasteiger partial charge in [-0.15, -0.1) is 0 Å². The minimum atomic E-state index is -1.21. The molecule has 0 radical (unpaired) electrons. The molecule has 0 aliphatic carbocycles. The summed E-state index contributed by atoms with van der Waals surface area (Å²) >= 11 is 0. The second-order valence-electron chi connectivity index (χ2n) is 1.84. The van der Waals surface area contributed by atoms with Gasteiger partial charge in [-0.1, -0.05) is 0 Å². The highest BCUT2D eigenvalue weighted by Gasteiger charge is 2.20. The molecule has 0 rings (SSSR count). The fraction of sp³-hybridized carbons (Fsp3) is 1.00. The zero-order chi connectivity index (χ0) is 8.62. The Bertz CT molecular complexity index is 69.4. The fourth-order valence-electron chi connectivity index (χ4n) is 0.150. The van der Waals surface area contributed by atoms with E-state index in [4.69, 9.17) is 25.6 Å². The molecule has 0 saturated carbocycles. The standard InChI is InChI=1S/C4H11NO3.HOP/c5-4(1-6,2-7)3-8;1-2/h6-8H,1-3,5H2;2H. The molecule has 0 saturated heterocycles. The smallest absolute Gasteiger partial charge is 0.138 e. The second kappa shape index (κ2) is 7.05. The third kappa shape index (κ3) is 4.78. The molecule has 0 aliphatic heterocycles. The first-order chi connectivity index (χ1) is 4.68. The lowest BCUT2D eigenvalue weighted by molar-refractivity contribution is 0.0698. The lowest BCUT2D eigenvalue weighted by Crippen LogP contribution is -2.50. The van der Waals surface area contributed by atoms with E-state index in [1.807, 2.05) is 0 Å². The van der Waals surface area contributed by atoms with Crippen LogP contribution < -0.4 is 5.73 Å². The van der Waals surface area contributed by atoms with Crippen molar-refractivity contribution in [2.75, 3.05) is 19.8 Å². The maximum absolute atomic E-state index is 8.34. The zero-order valence-corrected chi connectivity index (χ0v) is 6.45.